The van der Waals surface area contributed by atoms with E-state index in [9.17, 15) is 13.4 Å². The number of hydrogen-bond acceptors (Lipinski definition) is 3. The van der Waals surface area contributed by atoms with Crippen LogP contribution in [0, 0.1) is 46.8 Å². The summed E-state index contributed by atoms with van der Waals surface area (Å²) in [5.74, 6) is 4.52. The fraction of sp³-hybridized carbons (Fsp3) is 0.840. The molecular weight excluding hydrogens is 411 g/mol. The highest BCUT2D eigenvalue weighted by Gasteiger charge is 2.58. The zero-order valence-electron chi connectivity index (χ0n) is 19.0. The number of nitrogens with zero attached hydrogens (tertiary/aromatic N) is 2. The van der Waals surface area contributed by atoms with Crippen LogP contribution in [0.4, 0.5) is 4.39 Å². The van der Waals surface area contributed by atoms with Gasteiger partial charge >= 0.3 is 0 Å². The molecule has 0 bridgehead atoms. The van der Waals surface area contributed by atoms with Crippen LogP contribution in [-0.2, 0) is 22.1 Å². The molecule has 4 aliphatic carbocycles. The largest absolute Gasteiger partial charge is 0.297 e. The molecule has 0 radical (unpaired) electrons. The molecule has 0 aromatic carbocycles. The van der Waals surface area contributed by atoms with Crippen molar-refractivity contribution in [3.63, 3.8) is 0 Å². The molecule has 1 heterocycles. The third-order valence-electron chi connectivity index (χ3n) is 9.93. The minimum atomic E-state index is -1.07. The van der Waals surface area contributed by atoms with Crippen LogP contribution < -0.4 is 0 Å². The Kier molecular flexibility index (Phi) is 5.89. The molecule has 6 heteroatoms. The molecule has 0 N–H and O–H groups in total. The summed E-state index contributed by atoms with van der Waals surface area (Å²) in [4.78, 5) is 14.0. The van der Waals surface area contributed by atoms with E-state index in [0.717, 1.165) is 49.4 Å². The summed E-state index contributed by atoms with van der Waals surface area (Å²) in [5.41, 5.74) is 0.116. The number of fused-ring (bicyclic) bond motifs is 5. The number of rotatable bonds is 5. The van der Waals surface area contributed by atoms with Crippen molar-refractivity contribution in [1.29, 1.82) is 0 Å². The third-order valence-corrected chi connectivity index (χ3v) is 10.8. The monoisotopic (exact) mass is 448 g/mol. The lowest BCUT2D eigenvalue weighted by molar-refractivity contribution is -0.131. The first kappa shape index (κ1) is 21.8. The van der Waals surface area contributed by atoms with Crippen molar-refractivity contribution in [2.24, 2.45) is 46.8 Å². The zero-order chi connectivity index (χ0) is 21.8. The molecule has 4 nitrogen and oxygen atoms in total. The standard InChI is InChI=1S/C25H37FN2O2S/c1-25-10-9-20-19-5-3-16(12-26)11-17(19)4-6-21(20)22(25)7-8-23(25)24(29)15-28-14-18(13-27-28)31(2)30/h13-14,16-17,19-23H,3-12,15H2,1-2H3. The van der Waals surface area contributed by atoms with Crippen LogP contribution in [0.25, 0.3) is 0 Å². The summed E-state index contributed by atoms with van der Waals surface area (Å²) in [7, 11) is -1.07. The van der Waals surface area contributed by atoms with Gasteiger partial charge in [0.1, 0.15) is 0 Å². The van der Waals surface area contributed by atoms with E-state index in [-0.39, 0.29) is 18.0 Å². The minimum Gasteiger partial charge on any atom is -0.297 e. The summed E-state index contributed by atoms with van der Waals surface area (Å²) in [6.07, 6.45) is 15.6. The molecule has 172 valence electrons. The summed E-state index contributed by atoms with van der Waals surface area (Å²) < 4.78 is 26.6. The quantitative estimate of drug-likeness (QED) is 0.634. The second kappa shape index (κ2) is 8.39. The summed E-state index contributed by atoms with van der Waals surface area (Å²) in [5, 5.41) is 4.28. The average molecular weight is 449 g/mol. The number of Topliss-reactive ketones (excluding diaryl/α,β-unsaturated/α-hetero) is 1. The van der Waals surface area contributed by atoms with E-state index in [0.29, 0.717) is 29.1 Å². The van der Waals surface area contributed by atoms with E-state index < -0.39 is 10.8 Å². The lowest BCUT2D eigenvalue weighted by Gasteiger charge is -2.56. The van der Waals surface area contributed by atoms with Crippen molar-refractivity contribution >= 4 is 16.6 Å². The summed E-state index contributed by atoms with van der Waals surface area (Å²) in [6.45, 7) is 2.56. The fourth-order valence-corrected chi connectivity index (χ4v) is 8.93. The Balaban J connectivity index is 1.28. The maximum Gasteiger partial charge on any atom is 0.157 e. The lowest BCUT2D eigenvalue weighted by Crippen LogP contribution is -2.49. The minimum absolute atomic E-state index is 0.116. The second-order valence-electron chi connectivity index (χ2n) is 11.2. The topological polar surface area (TPSA) is 52.0 Å². The first-order valence-corrected chi connectivity index (χ1v) is 13.9. The molecule has 9 unspecified atom stereocenters. The van der Waals surface area contributed by atoms with Gasteiger partial charge in [-0.25, -0.2) is 0 Å². The van der Waals surface area contributed by atoms with Crippen LogP contribution in [0.1, 0.15) is 64.7 Å². The van der Waals surface area contributed by atoms with E-state index in [4.69, 9.17) is 0 Å². The van der Waals surface area contributed by atoms with Crippen molar-refractivity contribution < 1.29 is 13.4 Å². The van der Waals surface area contributed by atoms with E-state index in [1.807, 2.05) is 0 Å². The van der Waals surface area contributed by atoms with Crippen molar-refractivity contribution in [2.45, 2.75) is 76.2 Å². The number of aromatic nitrogens is 2. The van der Waals surface area contributed by atoms with Crippen LogP contribution >= 0.6 is 0 Å². The summed E-state index contributed by atoms with van der Waals surface area (Å²) >= 11 is 0. The van der Waals surface area contributed by atoms with Crippen molar-refractivity contribution in [3.05, 3.63) is 12.4 Å². The Morgan fingerprint density at radius 2 is 1.97 bits per heavy atom. The number of ketones is 1. The van der Waals surface area contributed by atoms with Gasteiger partial charge in [-0.3, -0.25) is 18.1 Å². The molecule has 0 amide bonds. The van der Waals surface area contributed by atoms with E-state index in [1.54, 1.807) is 23.3 Å². The molecule has 1 aromatic heterocycles. The Morgan fingerprint density at radius 1 is 1.16 bits per heavy atom. The van der Waals surface area contributed by atoms with Gasteiger partial charge in [0.05, 0.1) is 35.1 Å². The van der Waals surface area contributed by atoms with Crippen LogP contribution in [0.15, 0.2) is 17.3 Å². The molecule has 4 saturated carbocycles. The van der Waals surface area contributed by atoms with E-state index >= 15 is 0 Å². The second-order valence-corrected chi connectivity index (χ2v) is 12.6. The Hall–Kier alpha value is -1.04. The maximum absolute atomic E-state index is 13.3. The highest BCUT2D eigenvalue weighted by Crippen LogP contribution is 2.64. The molecule has 0 aliphatic heterocycles. The average Bonchev–Trinajstić information content (AvgIpc) is 3.37. The Labute approximate surface area is 188 Å². The van der Waals surface area contributed by atoms with Crippen LogP contribution in [0.5, 0.6) is 0 Å². The molecule has 1 aromatic rings. The molecule has 5 rings (SSSR count). The summed E-state index contributed by atoms with van der Waals surface area (Å²) in [6, 6.07) is 0. The molecule has 4 fully saturated rings. The first-order chi connectivity index (χ1) is 14.9. The zero-order valence-corrected chi connectivity index (χ0v) is 19.8. The molecule has 0 spiro atoms. The van der Waals surface area contributed by atoms with Gasteiger partial charge in [-0.05, 0) is 98.7 Å². The normalized spacial score (nSPS) is 43.0. The van der Waals surface area contributed by atoms with Crippen LogP contribution in [0.2, 0.25) is 0 Å². The van der Waals surface area contributed by atoms with Crippen molar-refractivity contribution in [2.75, 3.05) is 12.9 Å². The van der Waals surface area contributed by atoms with Gasteiger partial charge in [-0.15, -0.1) is 0 Å². The van der Waals surface area contributed by atoms with Crippen molar-refractivity contribution in [1.82, 2.24) is 9.78 Å². The van der Waals surface area contributed by atoms with E-state index in [2.05, 4.69) is 12.0 Å². The highest BCUT2D eigenvalue weighted by molar-refractivity contribution is 7.84. The lowest BCUT2D eigenvalue weighted by atomic mass is 9.49. The third kappa shape index (κ3) is 3.75. The van der Waals surface area contributed by atoms with Gasteiger partial charge in [0, 0.05) is 18.4 Å². The van der Waals surface area contributed by atoms with Crippen LogP contribution in [-0.4, -0.2) is 32.7 Å². The predicted molar refractivity (Wildman–Crippen MR) is 120 cm³/mol. The Morgan fingerprint density at radius 3 is 2.71 bits per heavy atom. The van der Waals surface area contributed by atoms with Gasteiger partial charge in [-0.1, -0.05) is 6.92 Å². The van der Waals surface area contributed by atoms with Gasteiger partial charge in [0.2, 0.25) is 0 Å². The number of halogens is 1. The van der Waals surface area contributed by atoms with Gasteiger partial charge in [0.15, 0.2) is 5.78 Å². The molecule has 31 heavy (non-hydrogen) atoms. The van der Waals surface area contributed by atoms with Crippen LogP contribution in [0.3, 0.4) is 0 Å². The number of carbonyl (C=O) groups is 1. The predicted octanol–water partition coefficient (Wildman–Crippen LogP) is 5.04. The van der Waals surface area contributed by atoms with Gasteiger partial charge in [0.25, 0.3) is 0 Å². The SMILES string of the molecule is CS(=O)c1cnn(CC(=O)C2CCC3C4CCC5CC(CF)CCC5C4CCC23C)c1. The molecule has 4 aliphatic rings. The molecule has 9 atom stereocenters. The number of carbonyl (C=O) groups excluding carboxylic acids is 1. The van der Waals surface area contributed by atoms with Gasteiger partial charge < -0.3 is 0 Å². The van der Waals surface area contributed by atoms with Crippen molar-refractivity contribution in [3.8, 4) is 0 Å². The number of hydrogen-bond donors (Lipinski definition) is 0. The molecule has 0 saturated heterocycles. The fourth-order valence-electron chi connectivity index (χ4n) is 8.47. The maximum atomic E-state index is 13.3. The Bertz CT molecular complexity index is 856. The highest BCUT2D eigenvalue weighted by atomic mass is 32.2. The van der Waals surface area contributed by atoms with Gasteiger partial charge in [-0.2, -0.15) is 5.10 Å². The van der Waals surface area contributed by atoms with E-state index in [1.165, 1.54) is 32.1 Å². The number of alkyl halides is 1. The molecular formula is C25H37FN2O2S. The smallest absolute Gasteiger partial charge is 0.157 e. The first-order valence-electron chi connectivity index (χ1n) is 12.3.